The lowest BCUT2D eigenvalue weighted by atomic mass is 10.2. The fourth-order valence-corrected chi connectivity index (χ4v) is 1.35. The maximum absolute atomic E-state index is 12.7. The van der Waals surface area contributed by atoms with Crippen molar-refractivity contribution in [1.29, 1.82) is 0 Å². The smallest absolute Gasteiger partial charge is 0.236 e. The first-order valence-corrected chi connectivity index (χ1v) is 5.00. The van der Waals surface area contributed by atoms with Crippen LogP contribution in [0.4, 0.5) is 4.39 Å². The van der Waals surface area contributed by atoms with E-state index in [0.717, 1.165) is 5.56 Å². The van der Waals surface area contributed by atoms with Crippen molar-refractivity contribution < 1.29 is 9.18 Å². The van der Waals surface area contributed by atoms with Crippen LogP contribution >= 0.6 is 0 Å². The molecule has 86 valence electrons. The lowest BCUT2D eigenvalue weighted by Gasteiger charge is -2.20. The van der Waals surface area contributed by atoms with Gasteiger partial charge in [0, 0.05) is 13.1 Å². The highest BCUT2D eigenvalue weighted by Crippen LogP contribution is 2.06. The van der Waals surface area contributed by atoms with E-state index in [0.29, 0.717) is 13.1 Å². The van der Waals surface area contributed by atoms with Crippen molar-refractivity contribution in [1.82, 2.24) is 4.90 Å². The van der Waals surface area contributed by atoms with Gasteiger partial charge in [0.1, 0.15) is 5.82 Å². The summed E-state index contributed by atoms with van der Waals surface area (Å²) in [6, 6.07) is 6.03. The lowest BCUT2D eigenvalue weighted by molar-refractivity contribution is -0.129. The molecule has 3 nitrogen and oxygen atoms in total. The van der Waals surface area contributed by atoms with E-state index in [2.05, 4.69) is 6.58 Å². The number of nitrogens with zero attached hydrogens (tertiary/aromatic N) is 1. The number of carbonyl (C=O) groups is 1. The van der Waals surface area contributed by atoms with Crippen LogP contribution in [0.2, 0.25) is 0 Å². The van der Waals surface area contributed by atoms with E-state index in [1.165, 1.54) is 12.1 Å². The zero-order valence-electron chi connectivity index (χ0n) is 9.03. The summed E-state index contributed by atoms with van der Waals surface area (Å²) in [6.07, 6.45) is 1.64. The van der Waals surface area contributed by atoms with Crippen molar-refractivity contribution in [2.45, 2.75) is 6.54 Å². The standard InChI is InChI=1S/C12H15FN2O/c1-2-7-15(12(16)8-14)9-10-3-5-11(13)6-4-10/h2-6H,1,7-9,14H2. The largest absolute Gasteiger partial charge is 0.334 e. The summed E-state index contributed by atoms with van der Waals surface area (Å²) < 4.78 is 12.7. The SMILES string of the molecule is C=CCN(Cc1ccc(F)cc1)C(=O)CN. The summed E-state index contributed by atoms with van der Waals surface area (Å²) in [6.45, 7) is 4.40. The number of hydrogen-bond donors (Lipinski definition) is 1. The van der Waals surface area contributed by atoms with Crippen molar-refractivity contribution in [3.05, 3.63) is 48.3 Å². The van der Waals surface area contributed by atoms with Gasteiger partial charge >= 0.3 is 0 Å². The molecule has 0 radical (unpaired) electrons. The maximum atomic E-state index is 12.7. The zero-order valence-corrected chi connectivity index (χ0v) is 9.03. The number of rotatable bonds is 5. The fraction of sp³-hybridized carbons (Fsp3) is 0.250. The van der Waals surface area contributed by atoms with Crippen LogP contribution in [0.1, 0.15) is 5.56 Å². The monoisotopic (exact) mass is 222 g/mol. The molecule has 0 aliphatic rings. The highest BCUT2D eigenvalue weighted by molar-refractivity contribution is 5.78. The van der Waals surface area contributed by atoms with Gasteiger partial charge in [-0.3, -0.25) is 4.79 Å². The molecule has 0 aliphatic carbocycles. The first kappa shape index (κ1) is 12.4. The molecule has 1 rings (SSSR count). The first-order chi connectivity index (χ1) is 7.67. The van der Waals surface area contributed by atoms with E-state index in [1.807, 2.05) is 0 Å². The van der Waals surface area contributed by atoms with Crippen molar-refractivity contribution >= 4 is 5.91 Å². The van der Waals surface area contributed by atoms with Crippen LogP contribution in [0.5, 0.6) is 0 Å². The third kappa shape index (κ3) is 3.47. The van der Waals surface area contributed by atoms with E-state index in [4.69, 9.17) is 5.73 Å². The molecule has 0 heterocycles. The Morgan fingerprint density at radius 3 is 2.56 bits per heavy atom. The maximum Gasteiger partial charge on any atom is 0.236 e. The molecule has 2 N–H and O–H groups in total. The van der Waals surface area contributed by atoms with Crippen LogP contribution in [0.25, 0.3) is 0 Å². The quantitative estimate of drug-likeness (QED) is 0.763. The number of nitrogens with two attached hydrogens (primary N) is 1. The molecule has 1 aromatic rings. The average Bonchev–Trinajstić information content (AvgIpc) is 2.30. The molecule has 4 heteroatoms. The summed E-state index contributed by atoms with van der Waals surface area (Å²) in [5.41, 5.74) is 6.16. The Bertz CT molecular complexity index is 362. The molecule has 0 fully saturated rings. The summed E-state index contributed by atoms with van der Waals surface area (Å²) in [5, 5.41) is 0. The second-order valence-electron chi connectivity index (χ2n) is 3.39. The number of benzene rings is 1. The van der Waals surface area contributed by atoms with Crippen molar-refractivity contribution in [3.63, 3.8) is 0 Å². The van der Waals surface area contributed by atoms with Gasteiger partial charge in [0.15, 0.2) is 0 Å². The van der Waals surface area contributed by atoms with Gasteiger partial charge in [0.05, 0.1) is 6.54 Å². The number of hydrogen-bond acceptors (Lipinski definition) is 2. The van der Waals surface area contributed by atoms with Gasteiger partial charge in [-0.15, -0.1) is 6.58 Å². The number of amides is 1. The molecule has 0 saturated carbocycles. The van der Waals surface area contributed by atoms with Crippen LogP contribution in [-0.2, 0) is 11.3 Å². The van der Waals surface area contributed by atoms with Gasteiger partial charge in [-0.25, -0.2) is 4.39 Å². The minimum Gasteiger partial charge on any atom is -0.334 e. The molecule has 0 saturated heterocycles. The normalized spacial score (nSPS) is 9.88. The van der Waals surface area contributed by atoms with Gasteiger partial charge in [-0.2, -0.15) is 0 Å². The van der Waals surface area contributed by atoms with Gasteiger partial charge in [0.25, 0.3) is 0 Å². The van der Waals surface area contributed by atoms with E-state index < -0.39 is 0 Å². The van der Waals surface area contributed by atoms with Gasteiger partial charge in [0.2, 0.25) is 5.91 Å². The zero-order chi connectivity index (χ0) is 12.0. The Labute approximate surface area is 94.4 Å². The van der Waals surface area contributed by atoms with Gasteiger partial charge < -0.3 is 10.6 Å². The summed E-state index contributed by atoms with van der Waals surface area (Å²) in [5.74, 6) is -0.437. The Balaban J connectivity index is 2.71. The average molecular weight is 222 g/mol. The van der Waals surface area contributed by atoms with E-state index in [1.54, 1.807) is 23.1 Å². The summed E-state index contributed by atoms with van der Waals surface area (Å²) in [7, 11) is 0. The molecule has 0 aromatic heterocycles. The second kappa shape index (κ2) is 6.02. The van der Waals surface area contributed by atoms with Crippen LogP contribution in [-0.4, -0.2) is 23.9 Å². The highest BCUT2D eigenvalue weighted by atomic mass is 19.1. The van der Waals surface area contributed by atoms with Gasteiger partial charge in [-0.1, -0.05) is 18.2 Å². The third-order valence-corrected chi connectivity index (χ3v) is 2.16. The Kier molecular flexibility index (Phi) is 4.66. The number of carbonyl (C=O) groups excluding carboxylic acids is 1. The molecule has 0 bridgehead atoms. The van der Waals surface area contributed by atoms with Crippen molar-refractivity contribution in [2.24, 2.45) is 5.73 Å². The predicted octanol–water partition coefficient (Wildman–Crippen LogP) is 1.30. The fourth-order valence-electron chi connectivity index (χ4n) is 1.35. The van der Waals surface area contributed by atoms with E-state index in [9.17, 15) is 9.18 Å². The van der Waals surface area contributed by atoms with E-state index >= 15 is 0 Å². The minimum atomic E-state index is -0.288. The topological polar surface area (TPSA) is 46.3 Å². The molecule has 1 aromatic carbocycles. The molecular formula is C12H15FN2O. The lowest BCUT2D eigenvalue weighted by Crippen LogP contribution is -2.35. The van der Waals surface area contributed by atoms with Crippen LogP contribution in [0, 0.1) is 5.82 Å². The predicted molar refractivity (Wildman–Crippen MR) is 61.1 cm³/mol. The summed E-state index contributed by atoms with van der Waals surface area (Å²) in [4.78, 5) is 13.0. The van der Waals surface area contributed by atoms with Gasteiger partial charge in [-0.05, 0) is 17.7 Å². The second-order valence-corrected chi connectivity index (χ2v) is 3.39. The molecule has 0 spiro atoms. The van der Waals surface area contributed by atoms with Crippen molar-refractivity contribution in [2.75, 3.05) is 13.1 Å². The molecular weight excluding hydrogens is 207 g/mol. The molecule has 0 aliphatic heterocycles. The van der Waals surface area contributed by atoms with Crippen molar-refractivity contribution in [3.8, 4) is 0 Å². The molecule has 16 heavy (non-hydrogen) atoms. The molecule has 1 amide bonds. The first-order valence-electron chi connectivity index (χ1n) is 5.00. The van der Waals surface area contributed by atoms with Crippen LogP contribution in [0.15, 0.2) is 36.9 Å². The highest BCUT2D eigenvalue weighted by Gasteiger charge is 2.10. The summed E-state index contributed by atoms with van der Waals surface area (Å²) >= 11 is 0. The Morgan fingerprint density at radius 1 is 1.44 bits per heavy atom. The Hall–Kier alpha value is -1.68. The Morgan fingerprint density at radius 2 is 2.06 bits per heavy atom. The van der Waals surface area contributed by atoms with Crippen LogP contribution in [0.3, 0.4) is 0 Å². The third-order valence-electron chi connectivity index (χ3n) is 2.16. The molecule has 0 unspecified atom stereocenters. The van der Waals surface area contributed by atoms with E-state index in [-0.39, 0.29) is 18.3 Å². The molecule has 0 atom stereocenters. The number of halogens is 1. The van der Waals surface area contributed by atoms with Crippen LogP contribution < -0.4 is 5.73 Å². The minimum absolute atomic E-state index is 0.0327.